The molecule has 0 bridgehead atoms. The topological polar surface area (TPSA) is 56.1 Å². The molecule has 1 aromatic heterocycles. The number of amides is 1. The maximum Gasteiger partial charge on any atom is 0.224 e. The summed E-state index contributed by atoms with van der Waals surface area (Å²) in [4.78, 5) is 17.1. The van der Waals surface area contributed by atoms with Gasteiger partial charge in [-0.2, -0.15) is 0 Å². The number of aromatic nitrogens is 2. The maximum absolute atomic E-state index is 12.1. The first kappa shape index (κ1) is 26.5. The van der Waals surface area contributed by atoms with Crippen molar-refractivity contribution in [2.45, 2.75) is 65.3 Å². The molecule has 3 aromatic carbocycles. The third-order valence-electron chi connectivity index (χ3n) is 6.77. The van der Waals surface area contributed by atoms with Gasteiger partial charge in [-0.3, -0.25) is 4.79 Å². The van der Waals surface area contributed by atoms with Crippen molar-refractivity contribution in [2.24, 2.45) is 0 Å². The van der Waals surface area contributed by atoms with Gasteiger partial charge in [-0.05, 0) is 68.4 Å². The van der Waals surface area contributed by atoms with Gasteiger partial charge in [-0.15, -0.1) is 0 Å². The molecule has 0 atom stereocenters. The zero-order valence-corrected chi connectivity index (χ0v) is 22.2. The summed E-state index contributed by atoms with van der Waals surface area (Å²) >= 11 is 0. The zero-order chi connectivity index (χ0) is 25.9. The SMILES string of the molecule is Cc1cccc(C)c1OCCCCn1c(CCCCCNC(=O)Cc2ccccc2)nc2ccccc21. The molecule has 1 amide bonds. The Balaban J connectivity index is 1.21. The van der Waals surface area contributed by atoms with Crippen LogP contribution in [0.1, 0.15) is 54.6 Å². The summed E-state index contributed by atoms with van der Waals surface area (Å²) in [5, 5.41) is 3.05. The van der Waals surface area contributed by atoms with E-state index in [1.54, 1.807) is 0 Å². The number of benzene rings is 3. The number of hydrogen-bond donors (Lipinski definition) is 1. The average Bonchev–Trinajstić information content (AvgIpc) is 3.25. The molecule has 0 spiro atoms. The molecule has 5 nitrogen and oxygen atoms in total. The molecule has 0 unspecified atom stereocenters. The van der Waals surface area contributed by atoms with E-state index in [-0.39, 0.29) is 5.91 Å². The van der Waals surface area contributed by atoms with Crippen LogP contribution in [0.3, 0.4) is 0 Å². The van der Waals surface area contributed by atoms with Crippen molar-refractivity contribution in [3.8, 4) is 5.75 Å². The maximum atomic E-state index is 12.1. The summed E-state index contributed by atoms with van der Waals surface area (Å²) in [5.41, 5.74) is 5.71. The van der Waals surface area contributed by atoms with E-state index >= 15 is 0 Å². The molecule has 0 aliphatic rings. The van der Waals surface area contributed by atoms with E-state index in [4.69, 9.17) is 9.72 Å². The highest BCUT2D eigenvalue weighted by molar-refractivity contribution is 5.78. The van der Waals surface area contributed by atoms with Crippen molar-refractivity contribution in [3.63, 3.8) is 0 Å². The number of ether oxygens (including phenoxy) is 1. The summed E-state index contributed by atoms with van der Waals surface area (Å²) in [6.07, 6.45) is 6.56. The van der Waals surface area contributed by atoms with Crippen molar-refractivity contribution >= 4 is 16.9 Å². The smallest absolute Gasteiger partial charge is 0.224 e. The van der Waals surface area contributed by atoms with Gasteiger partial charge in [0.25, 0.3) is 0 Å². The van der Waals surface area contributed by atoms with Gasteiger partial charge in [-0.25, -0.2) is 4.98 Å². The van der Waals surface area contributed by atoms with Crippen molar-refractivity contribution in [1.82, 2.24) is 14.9 Å². The lowest BCUT2D eigenvalue weighted by Gasteiger charge is -2.13. The fourth-order valence-corrected chi connectivity index (χ4v) is 4.80. The lowest BCUT2D eigenvalue weighted by atomic mass is 10.1. The van der Waals surface area contributed by atoms with Gasteiger partial charge >= 0.3 is 0 Å². The molecule has 0 aliphatic heterocycles. The number of nitrogens with zero attached hydrogens (tertiary/aromatic N) is 2. The minimum absolute atomic E-state index is 0.0922. The third-order valence-corrected chi connectivity index (χ3v) is 6.77. The minimum atomic E-state index is 0.0922. The van der Waals surface area contributed by atoms with Gasteiger partial charge < -0.3 is 14.6 Å². The van der Waals surface area contributed by atoms with Gasteiger partial charge in [0.1, 0.15) is 11.6 Å². The highest BCUT2D eigenvalue weighted by Crippen LogP contribution is 2.23. The Labute approximate surface area is 220 Å². The molecule has 4 rings (SSSR count). The number of fused-ring (bicyclic) bond motifs is 1. The summed E-state index contributed by atoms with van der Waals surface area (Å²) in [6, 6.07) is 24.6. The van der Waals surface area contributed by atoms with Crippen LogP contribution in [-0.2, 0) is 24.2 Å². The van der Waals surface area contributed by atoms with Gasteiger partial charge in [0, 0.05) is 19.5 Å². The monoisotopic (exact) mass is 497 g/mol. The van der Waals surface area contributed by atoms with Gasteiger partial charge in [0.2, 0.25) is 5.91 Å². The van der Waals surface area contributed by atoms with E-state index in [1.165, 1.54) is 16.6 Å². The molecule has 0 saturated heterocycles. The number of rotatable bonds is 14. The fourth-order valence-electron chi connectivity index (χ4n) is 4.80. The summed E-state index contributed by atoms with van der Waals surface area (Å²) < 4.78 is 8.49. The number of aryl methyl sites for hydroxylation is 4. The van der Waals surface area contributed by atoms with E-state index in [9.17, 15) is 4.79 Å². The number of hydrogen-bond acceptors (Lipinski definition) is 3. The number of carbonyl (C=O) groups excluding carboxylic acids is 1. The van der Waals surface area contributed by atoms with Gasteiger partial charge in [-0.1, -0.05) is 67.1 Å². The number of imidazole rings is 1. The molecule has 1 heterocycles. The van der Waals surface area contributed by atoms with Crippen molar-refractivity contribution in [2.75, 3.05) is 13.2 Å². The first-order valence-electron chi connectivity index (χ1n) is 13.6. The number of unbranched alkanes of at least 4 members (excludes halogenated alkanes) is 3. The largest absolute Gasteiger partial charge is 0.493 e. The van der Waals surface area contributed by atoms with E-state index in [2.05, 4.69) is 66.2 Å². The molecular weight excluding hydrogens is 458 g/mol. The lowest BCUT2D eigenvalue weighted by molar-refractivity contribution is -0.120. The highest BCUT2D eigenvalue weighted by Gasteiger charge is 2.11. The molecular formula is C32H39N3O2. The highest BCUT2D eigenvalue weighted by atomic mass is 16.5. The van der Waals surface area contributed by atoms with Crippen LogP contribution in [0.2, 0.25) is 0 Å². The Morgan fingerprint density at radius 3 is 2.41 bits per heavy atom. The first-order chi connectivity index (χ1) is 18.1. The Kier molecular flexibility index (Phi) is 9.75. The van der Waals surface area contributed by atoms with Crippen molar-refractivity contribution in [3.05, 3.63) is 95.3 Å². The molecule has 37 heavy (non-hydrogen) atoms. The number of nitrogens with one attached hydrogen (secondary N) is 1. The van der Waals surface area contributed by atoms with E-state index in [0.717, 1.165) is 80.9 Å². The molecule has 0 radical (unpaired) electrons. The average molecular weight is 498 g/mol. The molecule has 0 aliphatic carbocycles. The summed E-state index contributed by atoms with van der Waals surface area (Å²) in [5.74, 6) is 2.27. The van der Waals surface area contributed by atoms with E-state index in [0.29, 0.717) is 6.42 Å². The number of carbonyl (C=O) groups is 1. The Hall–Kier alpha value is -3.60. The second-order valence-electron chi connectivity index (χ2n) is 9.77. The van der Waals surface area contributed by atoms with E-state index < -0.39 is 0 Å². The first-order valence-corrected chi connectivity index (χ1v) is 13.6. The van der Waals surface area contributed by atoms with Crippen LogP contribution >= 0.6 is 0 Å². The predicted molar refractivity (Wildman–Crippen MR) is 151 cm³/mol. The Morgan fingerprint density at radius 2 is 1.59 bits per heavy atom. The molecule has 1 N–H and O–H groups in total. The predicted octanol–water partition coefficient (Wildman–Crippen LogP) is 6.58. The van der Waals surface area contributed by atoms with Crippen molar-refractivity contribution < 1.29 is 9.53 Å². The van der Waals surface area contributed by atoms with Crippen molar-refractivity contribution in [1.29, 1.82) is 0 Å². The van der Waals surface area contributed by atoms with Crippen LogP contribution in [0.5, 0.6) is 5.75 Å². The van der Waals surface area contributed by atoms with Crippen LogP contribution in [-0.4, -0.2) is 28.6 Å². The van der Waals surface area contributed by atoms with Crippen LogP contribution in [0, 0.1) is 13.8 Å². The molecule has 0 fully saturated rings. The molecule has 4 aromatic rings. The van der Waals surface area contributed by atoms with Crippen LogP contribution < -0.4 is 10.1 Å². The molecule has 0 saturated carbocycles. The summed E-state index contributed by atoms with van der Waals surface area (Å²) in [7, 11) is 0. The Morgan fingerprint density at radius 1 is 0.838 bits per heavy atom. The van der Waals surface area contributed by atoms with Crippen LogP contribution in [0.25, 0.3) is 11.0 Å². The normalized spacial score (nSPS) is 11.1. The van der Waals surface area contributed by atoms with Crippen LogP contribution in [0.4, 0.5) is 0 Å². The van der Waals surface area contributed by atoms with Gasteiger partial charge in [0.15, 0.2) is 0 Å². The third kappa shape index (κ3) is 7.69. The fraction of sp³-hybridized carbons (Fsp3) is 0.375. The van der Waals surface area contributed by atoms with Crippen LogP contribution in [0.15, 0.2) is 72.8 Å². The second kappa shape index (κ2) is 13.6. The quantitative estimate of drug-likeness (QED) is 0.200. The van der Waals surface area contributed by atoms with E-state index in [1.807, 2.05) is 30.3 Å². The molecule has 194 valence electrons. The Bertz CT molecular complexity index is 1260. The number of para-hydroxylation sites is 3. The van der Waals surface area contributed by atoms with Gasteiger partial charge in [0.05, 0.1) is 24.1 Å². The minimum Gasteiger partial charge on any atom is -0.493 e. The summed E-state index contributed by atoms with van der Waals surface area (Å²) in [6.45, 7) is 6.60. The zero-order valence-electron chi connectivity index (χ0n) is 22.2. The molecule has 5 heteroatoms. The lowest BCUT2D eigenvalue weighted by Crippen LogP contribution is -2.26. The standard InChI is InChI=1S/C32H39N3O2/c1-25-14-13-15-26(2)32(25)37-23-12-11-22-35-29-19-9-8-18-28(29)34-30(35)20-7-4-10-21-33-31(36)24-27-16-5-3-6-17-27/h3,5-6,8-9,13-19H,4,7,10-12,20-24H2,1-2H3,(H,33,36). The second-order valence-corrected chi connectivity index (χ2v) is 9.77.